The predicted molar refractivity (Wildman–Crippen MR) is 54.2 cm³/mol. The van der Waals surface area contributed by atoms with E-state index < -0.39 is 5.97 Å². The number of rotatable bonds is 5. The summed E-state index contributed by atoms with van der Waals surface area (Å²) in [6.45, 7) is 2.88. The average molecular weight is 216 g/mol. The molecule has 0 saturated heterocycles. The summed E-state index contributed by atoms with van der Waals surface area (Å²) in [7, 11) is 1.61. The Labute approximate surface area is 85.7 Å². The molecule has 0 unspecified atom stereocenters. The van der Waals surface area contributed by atoms with E-state index in [1.54, 1.807) is 14.0 Å². The van der Waals surface area contributed by atoms with Crippen LogP contribution < -0.4 is 5.32 Å². The lowest BCUT2D eigenvalue weighted by molar-refractivity contribution is 0.0701. The fraction of sp³-hybridized carbons (Fsp3) is 0.500. The second-order valence-electron chi connectivity index (χ2n) is 2.66. The number of methoxy groups -OCH3 is 1. The number of anilines is 1. The number of thiazole rings is 1. The van der Waals surface area contributed by atoms with Crippen LogP contribution in [0.25, 0.3) is 0 Å². The number of nitrogens with one attached hydrogen (secondary N) is 1. The summed E-state index contributed by atoms with van der Waals surface area (Å²) in [4.78, 5) is 15.0. The lowest BCUT2D eigenvalue weighted by Crippen LogP contribution is -2.06. The van der Waals surface area contributed by atoms with E-state index in [2.05, 4.69) is 10.3 Å². The first-order chi connectivity index (χ1) is 6.65. The van der Waals surface area contributed by atoms with E-state index in [1.165, 1.54) is 0 Å². The Kier molecular flexibility index (Phi) is 3.84. The first kappa shape index (κ1) is 10.9. The number of carboxylic acid groups (broad SMARTS) is 1. The highest BCUT2D eigenvalue weighted by atomic mass is 32.1. The van der Waals surface area contributed by atoms with Gasteiger partial charge in [0, 0.05) is 13.7 Å². The third-order valence-corrected chi connectivity index (χ3v) is 2.68. The number of hydrogen-bond donors (Lipinski definition) is 2. The van der Waals surface area contributed by atoms with Gasteiger partial charge in [-0.05, 0) is 6.92 Å². The smallest absolute Gasteiger partial charge is 0.347 e. The molecule has 0 atom stereocenters. The van der Waals surface area contributed by atoms with Gasteiger partial charge in [0.25, 0.3) is 0 Å². The van der Waals surface area contributed by atoms with Crippen LogP contribution in [-0.2, 0) is 4.74 Å². The molecule has 2 N–H and O–H groups in total. The molecular formula is C8H12N2O3S. The van der Waals surface area contributed by atoms with E-state index in [0.717, 1.165) is 11.3 Å². The minimum absolute atomic E-state index is 0.282. The summed E-state index contributed by atoms with van der Waals surface area (Å²) in [6, 6.07) is 0. The molecule has 0 saturated carbocycles. The van der Waals surface area contributed by atoms with Crippen molar-refractivity contribution >= 4 is 22.4 Å². The number of ether oxygens (including phenoxy) is 1. The van der Waals surface area contributed by atoms with Gasteiger partial charge in [-0.25, -0.2) is 9.78 Å². The van der Waals surface area contributed by atoms with Crippen LogP contribution in [0.15, 0.2) is 0 Å². The number of carbonyl (C=O) groups is 1. The fourth-order valence-corrected chi connectivity index (χ4v) is 1.76. The van der Waals surface area contributed by atoms with Gasteiger partial charge in [0.05, 0.1) is 12.3 Å². The van der Waals surface area contributed by atoms with E-state index in [9.17, 15) is 4.79 Å². The molecule has 1 aromatic rings. The maximum atomic E-state index is 10.7. The number of nitrogens with zero attached hydrogens (tertiary/aromatic N) is 1. The molecule has 78 valence electrons. The second-order valence-corrected chi connectivity index (χ2v) is 3.66. The molecule has 5 nitrogen and oxygen atoms in total. The molecule has 0 aliphatic carbocycles. The van der Waals surface area contributed by atoms with E-state index in [4.69, 9.17) is 9.84 Å². The zero-order valence-electron chi connectivity index (χ0n) is 8.03. The third kappa shape index (κ3) is 2.68. The average Bonchev–Trinajstić information content (AvgIpc) is 2.47. The monoisotopic (exact) mass is 216 g/mol. The minimum atomic E-state index is -0.931. The largest absolute Gasteiger partial charge is 0.477 e. The van der Waals surface area contributed by atoms with Crippen molar-refractivity contribution in [3.8, 4) is 0 Å². The molecule has 14 heavy (non-hydrogen) atoms. The Morgan fingerprint density at radius 2 is 2.43 bits per heavy atom. The molecule has 0 aromatic carbocycles. The van der Waals surface area contributed by atoms with Gasteiger partial charge in [0.1, 0.15) is 4.88 Å². The number of aromatic nitrogens is 1. The quantitative estimate of drug-likeness (QED) is 0.724. The Morgan fingerprint density at radius 1 is 1.71 bits per heavy atom. The summed E-state index contributed by atoms with van der Waals surface area (Å²) in [5.41, 5.74) is 0.544. The van der Waals surface area contributed by atoms with Crippen molar-refractivity contribution in [1.29, 1.82) is 0 Å². The molecule has 0 aliphatic heterocycles. The standard InChI is InChI=1S/C8H12N2O3S/c1-5-6(7(11)12)14-8(10-5)9-3-4-13-2/h3-4H2,1-2H3,(H,9,10)(H,11,12). The molecule has 0 bridgehead atoms. The van der Waals surface area contributed by atoms with Gasteiger partial charge in [-0.15, -0.1) is 0 Å². The molecule has 6 heteroatoms. The molecule has 1 aromatic heterocycles. The zero-order chi connectivity index (χ0) is 10.6. The summed E-state index contributed by atoms with van der Waals surface area (Å²) in [6.07, 6.45) is 0. The molecule has 0 aliphatic rings. The van der Waals surface area contributed by atoms with Crippen LogP contribution in [0.4, 0.5) is 5.13 Å². The Morgan fingerprint density at radius 3 is 2.93 bits per heavy atom. The SMILES string of the molecule is COCCNc1nc(C)c(C(=O)O)s1. The molecule has 0 radical (unpaired) electrons. The number of aromatic carboxylic acids is 1. The second kappa shape index (κ2) is 4.92. The lowest BCUT2D eigenvalue weighted by atomic mass is 10.4. The summed E-state index contributed by atoms with van der Waals surface area (Å²) in [5.74, 6) is -0.931. The molecule has 0 spiro atoms. The predicted octanol–water partition coefficient (Wildman–Crippen LogP) is 1.21. The molecule has 1 rings (SSSR count). The van der Waals surface area contributed by atoms with Gasteiger partial charge in [-0.1, -0.05) is 11.3 Å². The van der Waals surface area contributed by atoms with Crippen LogP contribution in [0.2, 0.25) is 0 Å². The first-order valence-electron chi connectivity index (χ1n) is 4.08. The van der Waals surface area contributed by atoms with Crippen LogP contribution in [0.1, 0.15) is 15.4 Å². The van der Waals surface area contributed by atoms with E-state index in [0.29, 0.717) is 24.0 Å². The number of carboxylic acids is 1. The van der Waals surface area contributed by atoms with Gasteiger partial charge in [0.2, 0.25) is 0 Å². The summed E-state index contributed by atoms with van der Waals surface area (Å²) < 4.78 is 4.85. The first-order valence-corrected chi connectivity index (χ1v) is 4.90. The van der Waals surface area contributed by atoms with Crippen molar-refractivity contribution in [1.82, 2.24) is 4.98 Å². The molecular weight excluding hydrogens is 204 g/mol. The summed E-state index contributed by atoms with van der Waals surface area (Å²) in [5, 5.41) is 12.4. The highest BCUT2D eigenvalue weighted by Gasteiger charge is 2.13. The lowest BCUT2D eigenvalue weighted by Gasteiger charge is -1.99. The van der Waals surface area contributed by atoms with Gasteiger partial charge < -0.3 is 15.2 Å². The Hall–Kier alpha value is -1.14. The van der Waals surface area contributed by atoms with Crippen LogP contribution in [-0.4, -0.2) is 36.3 Å². The van der Waals surface area contributed by atoms with Crippen molar-refractivity contribution in [3.63, 3.8) is 0 Å². The van der Waals surface area contributed by atoms with Gasteiger partial charge in [-0.3, -0.25) is 0 Å². The highest BCUT2D eigenvalue weighted by molar-refractivity contribution is 7.17. The van der Waals surface area contributed by atoms with Gasteiger partial charge >= 0.3 is 5.97 Å². The summed E-state index contributed by atoms with van der Waals surface area (Å²) >= 11 is 1.14. The number of hydrogen-bond acceptors (Lipinski definition) is 5. The maximum Gasteiger partial charge on any atom is 0.347 e. The van der Waals surface area contributed by atoms with Crippen molar-refractivity contribution < 1.29 is 14.6 Å². The van der Waals surface area contributed by atoms with E-state index in [1.807, 2.05) is 0 Å². The van der Waals surface area contributed by atoms with Gasteiger partial charge in [-0.2, -0.15) is 0 Å². The van der Waals surface area contributed by atoms with Crippen molar-refractivity contribution in [2.45, 2.75) is 6.92 Å². The Balaban J connectivity index is 2.62. The van der Waals surface area contributed by atoms with Crippen LogP contribution in [0.5, 0.6) is 0 Å². The minimum Gasteiger partial charge on any atom is -0.477 e. The topological polar surface area (TPSA) is 71.5 Å². The van der Waals surface area contributed by atoms with Crippen LogP contribution >= 0.6 is 11.3 Å². The maximum absolute atomic E-state index is 10.7. The van der Waals surface area contributed by atoms with Crippen LogP contribution in [0.3, 0.4) is 0 Å². The Bertz CT molecular complexity index is 324. The van der Waals surface area contributed by atoms with Crippen LogP contribution in [0, 0.1) is 6.92 Å². The molecule has 1 heterocycles. The third-order valence-electron chi connectivity index (χ3n) is 1.57. The molecule has 0 amide bonds. The van der Waals surface area contributed by atoms with Gasteiger partial charge in [0.15, 0.2) is 5.13 Å². The van der Waals surface area contributed by atoms with Crippen molar-refractivity contribution in [2.24, 2.45) is 0 Å². The van der Waals surface area contributed by atoms with E-state index >= 15 is 0 Å². The zero-order valence-corrected chi connectivity index (χ0v) is 8.85. The van der Waals surface area contributed by atoms with Crippen molar-refractivity contribution in [2.75, 3.05) is 25.6 Å². The van der Waals surface area contributed by atoms with Crippen molar-refractivity contribution in [3.05, 3.63) is 10.6 Å². The number of aryl methyl sites for hydroxylation is 1. The molecule has 0 fully saturated rings. The highest BCUT2D eigenvalue weighted by Crippen LogP contribution is 2.21. The van der Waals surface area contributed by atoms with E-state index in [-0.39, 0.29) is 4.88 Å². The fourth-order valence-electron chi connectivity index (χ4n) is 0.930. The normalized spacial score (nSPS) is 10.1.